The van der Waals surface area contributed by atoms with Crippen LogP contribution in [0.25, 0.3) is 11.3 Å². The van der Waals surface area contributed by atoms with Crippen molar-refractivity contribution < 1.29 is 13.2 Å². The minimum Gasteiger partial charge on any atom is -0.357 e. The van der Waals surface area contributed by atoms with Gasteiger partial charge in [0.05, 0.1) is 5.69 Å². The van der Waals surface area contributed by atoms with Gasteiger partial charge in [0.2, 0.25) is 0 Å². The lowest BCUT2D eigenvalue weighted by molar-refractivity contribution is -0.141. The third kappa shape index (κ3) is 2.05. The van der Waals surface area contributed by atoms with Crippen molar-refractivity contribution >= 4 is 0 Å². The lowest BCUT2D eigenvalue weighted by Crippen LogP contribution is -2.11. The number of H-pyrrole nitrogens is 1. The molecule has 0 radical (unpaired) electrons. The second kappa shape index (κ2) is 3.92. The molecule has 17 heavy (non-hydrogen) atoms. The molecule has 4 nitrogen and oxygen atoms in total. The van der Waals surface area contributed by atoms with Crippen molar-refractivity contribution in [2.75, 3.05) is 0 Å². The maximum absolute atomic E-state index is 12.6. The standard InChI is InChI=1S/C10H11F3N4/c1-17-3-2-6(5-17)8-7(4-14)9(16-15-8)10(11,12)13/h2-3,5H,4,14H2,1H3,(H,15,16). The quantitative estimate of drug-likeness (QED) is 0.847. The highest BCUT2D eigenvalue weighted by Gasteiger charge is 2.36. The highest BCUT2D eigenvalue weighted by Crippen LogP contribution is 2.34. The van der Waals surface area contributed by atoms with Gasteiger partial charge in [-0.25, -0.2) is 0 Å². The average molecular weight is 244 g/mol. The van der Waals surface area contributed by atoms with Crippen LogP contribution >= 0.6 is 0 Å². The van der Waals surface area contributed by atoms with E-state index in [9.17, 15) is 13.2 Å². The van der Waals surface area contributed by atoms with E-state index in [-0.39, 0.29) is 17.8 Å². The molecule has 0 aliphatic heterocycles. The first-order chi connectivity index (χ1) is 7.93. The molecule has 2 heterocycles. The van der Waals surface area contributed by atoms with Crippen molar-refractivity contribution in [3.63, 3.8) is 0 Å². The molecule has 0 fully saturated rings. The third-order valence-electron chi connectivity index (χ3n) is 2.46. The topological polar surface area (TPSA) is 59.6 Å². The normalized spacial score (nSPS) is 12.1. The van der Waals surface area contributed by atoms with Gasteiger partial charge in [-0.15, -0.1) is 0 Å². The maximum atomic E-state index is 12.6. The van der Waals surface area contributed by atoms with Gasteiger partial charge in [-0.3, -0.25) is 5.10 Å². The average Bonchev–Trinajstić information content (AvgIpc) is 2.81. The van der Waals surface area contributed by atoms with E-state index in [0.29, 0.717) is 5.56 Å². The smallest absolute Gasteiger partial charge is 0.357 e. The van der Waals surface area contributed by atoms with Crippen molar-refractivity contribution in [2.24, 2.45) is 12.8 Å². The number of aromatic nitrogens is 3. The minimum absolute atomic E-state index is 0.0105. The van der Waals surface area contributed by atoms with Crippen LogP contribution in [0, 0.1) is 0 Å². The number of hydrogen-bond acceptors (Lipinski definition) is 2. The number of halogens is 3. The summed E-state index contributed by atoms with van der Waals surface area (Å²) in [4.78, 5) is 0. The predicted octanol–water partition coefficient (Wildman–Crippen LogP) is 1.89. The molecule has 92 valence electrons. The van der Waals surface area contributed by atoms with Crippen LogP contribution in [0.15, 0.2) is 18.5 Å². The molecule has 0 atom stereocenters. The Labute approximate surface area is 95.2 Å². The number of nitrogens with zero attached hydrogens (tertiary/aromatic N) is 2. The number of aromatic amines is 1. The van der Waals surface area contributed by atoms with E-state index in [1.165, 1.54) is 0 Å². The fourth-order valence-electron chi connectivity index (χ4n) is 1.68. The number of aryl methyl sites for hydroxylation is 1. The summed E-state index contributed by atoms with van der Waals surface area (Å²) in [6, 6.07) is 1.69. The summed E-state index contributed by atoms with van der Waals surface area (Å²) in [5.74, 6) is 0. The van der Waals surface area contributed by atoms with Crippen molar-refractivity contribution in [1.82, 2.24) is 14.8 Å². The summed E-state index contributed by atoms with van der Waals surface area (Å²) in [7, 11) is 1.78. The van der Waals surface area contributed by atoms with Gasteiger partial charge < -0.3 is 10.3 Å². The first-order valence-corrected chi connectivity index (χ1v) is 4.90. The Kier molecular flexibility index (Phi) is 2.70. The molecule has 0 spiro atoms. The second-order valence-electron chi connectivity index (χ2n) is 3.69. The van der Waals surface area contributed by atoms with Crippen LogP contribution < -0.4 is 5.73 Å². The van der Waals surface area contributed by atoms with E-state index in [4.69, 9.17) is 5.73 Å². The molecule has 3 N–H and O–H groups in total. The van der Waals surface area contributed by atoms with Crippen LogP contribution in [0.4, 0.5) is 13.2 Å². The van der Waals surface area contributed by atoms with Gasteiger partial charge in [0.15, 0.2) is 0 Å². The Hall–Kier alpha value is -1.76. The molecule has 2 aromatic rings. The van der Waals surface area contributed by atoms with Crippen molar-refractivity contribution in [1.29, 1.82) is 0 Å². The lowest BCUT2D eigenvalue weighted by atomic mass is 10.1. The number of hydrogen-bond donors (Lipinski definition) is 2. The Morgan fingerprint density at radius 3 is 2.65 bits per heavy atom. The van der Waals surface area contributed by atoms with Gasteiger partial charge in [-0.1, -0.05) is 0 Å². The molecule has 0 aromatic carbocycles. The van der Waals surface area contributed by atoms with Gasteiger partial charge in [0.25, 0.3) is 0 Å². The molecule has 2 aromatic heterocycles. The Morgan fingerprint density at radius 2 is 2.18 bits per heavy atom. The zero-order chi connectivity index (χ0) is 12.6. The van der Waals surface area contributed by atoms with Crippen molar-refractivity contribution in [3.8, 4) is 11.3 Å². The molecular weight excluding hydrogens is 233 g/mol. The highest BCUT2D eigenvalue weighted by molar-refractivity contribution is 5.63. The van der Waals surface area contributed by atoms with E-state index in [0.717, 1.165) is 0 Å². The van der Waals surface area contributed by atoms with Gasteiger partial charge in [-0.2, -0.15) is 18.3 Å². The fourth-order valence-corrected chi connectivity index (χ4v) is 1.68. The second-order valence-corrected chi connectivity index (χ2v) is 3.69. The van der Waals surface area contributed by atoms with Gasteiger partial charge in [-0.05, 0) is 6.07 Å². The lowest BCUT2D eigenvalue weighted by Gasteiger charge is -2.05. The molecule has 0 unspecified atom stereocenters. The van der Waals surface area contributed by atoms with Crippen LogP contribution in [0.1, 0.15) is 11.3 Å². The Balaban J connectivity index is 2.53. The van der Waals surface area contributed by atoms with Crippen LogP contribution in [0.3, 0.4) is 0 Å². The van der Waals surface area contributed by atoms with Gasteiger partial charge >= 0.3 is 6.18 Å². The molecule has 0 aliphatic rings. The molecule has 0 amide bonds. The van der Waals surface area contributed by atoms with Crippen LogP contribution in [-0.4, -0.2) is 14.8 Å². The largest absolute Gasteiger partial charge is 0.433 e. The SMILES string of the molecule is Cn1ccc(-c2n[nH]c(C(F)(F)F)c2CN)c1. The van der Waals surface area contributed by atoms with Crippen molar-refractivity contribution in [3.05, 3.63) is 29.7 Å². The summed E-state index contributed by atoms with van der Waals surface area (Å²) in [6.45, 7) is -0.213. The predicted molar refractivity (Wildman–Crippen MR) is 55.9 cm³/mol. The minimum atomic E-state index is -4.46. The van der Waals surface area contributed by atoms with E-state index in [2.05, 4.69) is 5.10 Å². The third-order valence-corrected chi connectivity index (χ3v) is 2.46. The fraction of sp³-hybridized carbons (Fsp3) is 0.300. The van der Waals surface area contributed by atoms with Crippen LogP contribution in [0.5, 0.6) is 0 Å². The maximum Gasteiger partial charge on any atom is 0.433 e. The molecule has 0 saturated carbocycles. The summed E-state index contributed by atoms with van der Waals surface area (Å²) >= 11 is 0. The number of rotatable bonds is 2. The Bertz CT molecular complexity index is 524. The Morgan fingerprint density at radius 1 is 1.47 bits per heavy atom. The summed E-state index contributed by atoms with van der Waals surface area (Å²) in [6.07, 6.45) is -1.04. The first kappa shape index (κ1) is 11.7. The number of nitrogens with one attached hydrogen (secondary N) is 1. The highest BCUT2D eigenvalue weighted by atomic mass is 19.4. The van der Waals surface area contributed by atoms with Crippen LogP contribution in [-0.2, 0) is 19.8 Å². The van der Waals surface area contributed by atoms with E-state index < -0.39 is 11.9 Å². The first-order valence-electron chi connectivity index (χ1n) is 4.90. The van der Waals surface area contributed by atoms with E-state index in [1.807, 2.05) is 5.10 Å². The number of alkyl halides is 3. The number of nitrogens with two attached hydrogens (primary N) is 1. The van der Waals surface area contributed by atoms with Crippen LogP contribution in [0.2, 0.25) is 0 Å². The molecule has 0 aliphatic carbocycles. The zero-order valence-electron chi connectivity index (χ0n) is 9.04. The summed E-state index contributed by atoms with van der Waals surface area (Å²) < 4.78 is 39.6. The van der Waals surface area contributed by atoms with Gasteiger partial charge in [0.1, 0.15) is 5.69 Å². The zero-order valence-corrected chi connectivity index (χ0v) is 9.04. The van der Waals surface area contributed by atoms with E-state index >= 15 is 0 Å². The summed E-state index contributed by atoms with van der Waals surface area (Å²) in [5, 5.41) is 5.71. The summed E-state index contributed by atoms with van der Waals surface area (Å²) in [5.41, 5.74) is 5.34. The molecule has 7 heteroatoms. The molecule has 0 saturated heterocycles. The molecular formula is C10H11F3N4. The van der Waals surface area contributed by atoms with E-state index in [1.54, 1.807) is 30.1 Å². The molecule has 0 bridgehead atoms. The molecule has 2 rings (SSSR count). The van der Waals surface area contributed by atoms with Gasteiger partial charge in [0, 0.05) is 37.1 Å². The van der Waals surface area contributed by atoms with Crippen molar-refractivity contribution in [2.45, 2.75) is 12.7 Å². The monoisotopic (exact) mass is 244 g/mol.